The Morgan fingerprint density at radius 2 is 2.11 bits per heavy atom. The van der Waals surface area contributed by atoms with Crippen molar-refractivity contribution in [3.05, 3.63) is 11.4 Å². The number of nitrogens with two attached hydrogens (primary N) is 1. The normalized spacial score (nSPS) is 11.9. The summed E-state index contributed by atoms with van der Waals surface area (Å²) in [5.74, 6) is -0.941. The van der Waals surface area contributed by atoms with Gasteiger partial charge in [0.25, 0.3) is 12.3 Å². The maximum atomic E-state index is 12.1. The lowest BCUT2D eigenvalue weighted by Crippen LogP contribution is -2.33. The van der Waals surface area contributed by atoms with Gasteiger partial charge in [-0.2, -0.15) is 5.10 Å². The van der Waals surface area contributed by atoms with Crippen LogP contribution in [0.3, 0.4) is 0 Å². The number of aromatic amines is 1. The zero-order valence-corrected chi connectivity index (χ0v) is 10.5. The Hall–Kier alpha value is -1.55. The number of aryl methyl sites for hydroxylation is 1. The van der Waals surface area contributed by atoms with Crippen LogP contribution >= 0.6 is 0 Å². The smallest absolute Gasteiger partial charge is 0.275 e. The molecule has 0 aliphatic heterocycles. The van der Waals surface area contributed by atoms with Gasteiger partial charge in [-0.15, -0.1) is 0 Å². The topological polar surface area (TPSA) is 109 Å². The summed E-state index contributed by atoms with van der Waals surface area (Å²) in [6.45, 7) is 0.533. The van der Waals surface area contributed by atoms with Gasteiger partial charge in [-0.3, -0.25) is 9.89 Å². The molecule has 18 heavy (non-hydrogen) atoms. The van der Waals surface area contributed by atoms with Crippen LogP contribution in [0.4, 0.5) is 8.78 Å². The van der Waals surface area contributed by atoms with Gasteiger partial charge in [-0.25, -0.2) is 22.3 Å². The van der Waals surface area contributed by atoms with E-state index in [-0.39, 0.29) is 5.69 Å². The minimum atomic E-state index is -4.16. The van der Waals surface area contributed by atoms with Crippen molar-refractivity contribution in [2.45, 2.75) is 18.2 Å². The molecule has 10 heteroatoms. The second-order valence-electron chi connectivity index (χ2n) is 3.65. The number of carbonyl (C=O) groups is 1. The predicted molar refractivity (Wildman–Crippen MR) is 57.7 cm³/mol. The van der Waals surface area contributed by atoms with Crippen LogP contribution in [0.25, 0.3) is 0 Å². The lowest BCUT2D eigenvalue weighted by molar-refractivity contribution is 0.0612. The highest BCUT2D eigenvalue weighted by Crippen LogP contribution is 2.17. The van der Waals surface area contributed by atoms with Gasteiger partial charge in [0.1, 0.15) is 4.90 Å². The van der Waals surface area contributed by atoms with Crippen molar-refractivity contribution in [3.8, 4) is 0 Å². The molecule has 0 saturated carbocycles. The highest BCUT2D eigenvalue weighted by molar-refractivity contribution is 7.89. The molecule has 1 heterocycles. The Balaban J connectivity index is 3.16. The fourth-order valence-electron chi connectivity index (χ4n) is 1.38. The van der Waals surface area contributed by atoms with Crippen molar-refractivity contribution in [2.75, 3.05) is 13.6 Å². The second kappa shape index (κ2) is 4.98. The third-order valence-corrected chi connectivity index (χ3v) is 3.21. The minimum Gasteiger partial charge on any atom is -0.335 e. The molecule has 0 aliphatic rings. The first-order valence-corrected chi connectivity index (χ1v) is 6.30. The average molecular weight is 282 g/mol. The van der Waals surface area contributed by atoms with E-state index in [9.17, 15) is 22.0 Å². The molecule has 3 N–H and O–H groups in total. The molecule has 0 saturated heterocycles. The third-order valence-electron chi connectivity index (χ3n) is 2.14. The molecule has 0 radical (unpaired) electrons. The summed E-state index contributed by atoms with van der Waals surface area (Å²) in [7, 11) is -3.04. The summed E-state index contributed by atoms with van der Waals surface area (Å²) in [4.78, 5) is 11.9. The quantitative estimate of drug-likeness (QED) is 0.790. The van der Waals surface area contributed by atoms with Crippen LogP contribution in [0.5, 0.6) is 0 Å². The van der Waals surface area contributed by atoms with Crippen LogP contribution in [0.2, 0.25) is 0 Å². The molecular weight excluding hydrogens is 270 g/mol. The van der Waals surface area contributed by atoms with E-state index in [1.165, 1.54) is 6.92 Å². The second-order valence-corrected chi connectivity index (χ2v) is 5.15. The van der Waals surface area contributed by atoms with Crippen molar-refractivity contribution >= 4 is 15.9 Å². The van der Waals surface area contributed by atoms with Crippen LogP contribution in [0.1, 0.15) is 16.2 Å². The van der Waals surface area contributed by atoms with E-state index >= 15 is 0 Å². The zero-order chi connectivity index (χ0) is 14.1. The summed E-state index contributed by atoms with van der Waals surface area (Å²) >= 11 is 0. The fraction of sp³-hybridized carbons (Fsp3) is 0.500. The number of primary sulfonamides is 1. The molecule has 7 nitrogen and oxygen atoms in total. The number of hydrogen-bond acceptors (Lipinski definition) is 4. The number of nitrogens with one attached hydrogen (secondary N) is 1. The van der Waals surface area contributed by atoms with E-state index in [0.29, 0.717) is 4.90 Å². The van der Waals surface area contributed by atoms with Crippen molar-refractivity contribution in [1.82, 2.24) is 15.1 Å². The van der Waals surface area contributed by atoms with Gasteiger partial charge in [-0.1, -0.05) is 0 Å². The molecule has 0 fully saturated rings. The van der Waals surface area contributed by atoms with Gasteiger partial charge in [0, 0.05) is 7.05 Å². The number of hydrogen-bond donors (Lipinski definition) is 2. The fourth-order valence-corrected chi connectivity index (χ4v) is 2.26. The first kappa shape index (κ1) is 14.5. The van der Waals surface area contributed by atoms with Gasteiger partial charge in [-0.05, 0) is 6.92 Å². The molecule has 1 amide bonds. The van der Waals surface area contributed by atoms with Gasteiger partial charge >= 0.3 is 0 Å². The maximum absolute atomic E-state index is 12.1. The average Bonchev–Trinajstić information content (AvgIpc) is 2.57. The van der Waals surface area contributed by atoms with E-state index in [4.69, 9.17) is 5.14 Å². The molecule has 0 unspecified atom stereocenters. The molecule has 0 bridgehead atoms. The minimum absolute atomic E-state index is 0.0753. The number of sulfonamides is 1. The summed E-state index contributed by atoms with van der Waals surface area (Å²) in [6, 6.07) is 0. The van der Waals surface area contributed by atoms with Crippen LogP contribution in [0, 0.1) is 6.92 Å². The van der Waals surface area contributed by atoms with Crippen molar-refractivity contribution in [2.24, 2.45) is 5.14 Å². The SMILES string of the molecule is Cc1[nH]nc(C(=O)N(C)CC(F)F)c1S(N)(=O)=O. The molecular formula is C8H12F2N4O3S. The van der Waals surface area contributed by atoms with E-state index in [2.05, 4.69) is 10.2 Å². The Morgan fingerprint density at radius 1 is 1.56 bits per heavy atom. The summed E-state index contributed by atoms with van der Waals surface area (Å²) < 4.78 is 46.8. The van der Waals surface area contributed by atoms with E-state index in [0.717, 1.165) is 7.05 Å². The van der Waals surface area contributed by atoms with Crippen molar-refractivity contribution < 1.29 is 22.0 Å². The highest BCUT2D eigenvalue weighted by Gasteiger charge is 2.28. The Kier molecular flexibility index (Phi) is 4.02. The molecule has 1 aromatic rings. The molecule has 102 valence electrons. The third kappa shape index (κ3) is 3.01. The van der Waals surface area contributed by atoms with E-state index in [1.807, 2.05) is 0 Å². The first-order valence-electron chi connectivity index (χ1n) is 4.76. The largest absolute Gasteiger partial charge is 0.335 e. The van der Waals surface area contributed by atoms with Crippen LogP contribution in [0.15, 0.2) is 4.90 Å². The number of nitrogens with zero attached hydrogens (tertiary/aromatic N) is 2. The monoisotopic (exact) mass is 282 g/mol. The first-order chi connectivity index (χ1) is 8.14. The Bertz CT molecular complexity index is 555. The maximum Gasteiger partial charge on any atom is 0.275 e. The Morgan fingerprint density at radius 3 is 2.56 bits per heavy atom. The lowest BCUT2D eigenvalue weighted by Gasteiger charge is -2.15. The zero-order valence-electron chi connectivity index (χ0n) is 9.65. The number of alkyl halides is 2. The number of amides is 1. The predicted octanol–water partition coefficient (Wildman–Crippen LogP) is -0.297. The van der Waals surface area contributed by atoms with Crippen LogP contribution < -0.4 is 5.14 Å². The number of carbonyl (C=O) groups excluding carboxylic acids is 1. The van der Waals surface area contributed by atoms with Gasteiger partial charge in [0.15, 0.2) is 5.69 Å². The van der Waals surface area contributed by atoms with Crippen LogP contribution in [-0.2, 0) is 10.0 Å². The molecule has 1 aromatic heterocycles. The van der Waals surface area contributed by atoms with E-state index in [1.54, 1.807) is 0 Å². The summed E-state index contributed by atoms with van der Waals surface area (Å²) in [6.07, 6.45) is -2.73. The molecule has 0 aromatic carbocycles. The lowest BCUT2D eigenvalue weighted by atomic mass is 10.3. The summed E-state index contributed by atoms with van der Waals surface area (Å²) in [5.41, 5.74) is -0.413. The molecule has 0 spiro atoms. The molecule has 0 aliphatic carbocycles. The molecule has 1 rings (SSSR count). The van der Waals surface area contributed by atoms with Crippen molar-refractivity contribution in [1.29, 1.82) is 0 Å². The van der Waals surface area contributed by atoms with Crippen LogP contribution in [-0.4, -0.2) is 49.4 Å². The number of H-pyrrole nitrogens is 1. The van der Waals surface area contributed by atoms with Gasteiger partial charge in [0.2, 0.25) is 10.0 Å². The standard InChI is InChI=1S/C8H12F2N4O3S/c1-4-7(18(11,16)17)6(13-12-4)8(15)14(2)3-5(9)10/h5H,3H2,1-2H3,(H,12,13)(H2,11,16,17). The Labute approximate surface area is 102 Å². The number of halogens is 2. The van der Waals surface area contributed by atoms with E-state index < -0.39 is 39.5 Å². The van der Waals surface area contributed by atoms with Crippen molar-refractivity contribution in [3.63, 3.8) is 0 Å². The van der Waals surface area contributed by atoms with Gasteiger partial charge < -0.3 is 4.90 Å². The van der Waals surface area contributed by atoms with Gasteiger partial charge in [0.05, 0.1) is 12.2 Å². The highest BCUT2D eigenvalue weighted by atomic mass is 32.2. The number of rotatable bonds is 4. The molecule has 0 atom stereocenters. The summed E-state index contributed by atoms with van der Waals surface area (Å²) in [5, 5.41) is 10.7. The number of aromatic nitrogens is 2.